The zero-order valence-electron chi connectivity index (χ0n) is 19.2. The molecule has 2 aliphatic heterocycles. The Morgan fingerprint density at radius 3 is 2.49 bits per heavy atom. The predicted molar refractivity (Wildman–Crippen MR) is 138 cm³/mol. The summed E-state index contributed by atoms with van der Waals surface area (Å²) >= 11 is 8.21. The molecule has 10 heteroatoms. The van der Waals surface area contributed by atoms with Gasteiger partial charge in [0.2, 0.25) is 17.7 Å². The van der Waals surface area contributed by atoms with Crippen molar-refractivity contribution in [3.05, 3.63) is 73.7 Å². The minimum Gasteiger partial charge on any atom is -0.325 e. The first-order valence-corrected chi connectivity index (χ1v) is 13.1. The lowest BCUT2D eigenvalue weighted by molar-refractivity contribution is -0.123. The van der Waals surface area contributed by atoms with Gasteiger partial charge in [-0.2, -0.15) is 0 Å². The van der Waals surface area contributed by atoms with Gasteiger partial charge in [-0.25, -0.2) is 4.90 Å². The Hall–Kier alpha value is -2.88. The number of carbonyl (C=O) groups excluding carboxylic acids is 3. The maximum absolute atomic E-state index is 13.5. The molecule has 35 heavy (non-hydrogen) atoms. The third kappa shape index (κ3) is 4.01. The summed E-state index contributed by atoms with van der Waals surface area (Å²) in [6.07, 6.45) is 0. The highest BCUT2D eigenvalue weighted by Gasteiger charge is 2.59. The van der Waals surface area contributed by atoms with Crippen LogP contribution in [-0.4, -0.2) is 27.5 Å². The van der Waals surface area contributed by atoms with Gasteiger partial charge in [0.15, 0.2) is 0 Å². The van der Waals surface area contributed by atoms with Crippen LogP contribution in [0.1, 0.15) is 24.3 Å². The summed E-state index contributed by atoms with van der Waals surface area (Å²) in [6, 6.07) is 14.0. The minimum absolute atomic E-state index is 0.178. The van der Waals surface area contributed by atoms with Crippen LogP contribution in [-0.2, 0) is 26.3 Å². The van der Waals surface area contributed by atoms with Crippen LogP contribution >= 0.6 is 34.7 Å². The molecule has 2 aliphatic rings. The van der Waals surface area contributed by atoms with E-state index in [-0.39, 0.29) is 29.1 Å². The number of carbonyl (C=O) groups is 3. The second kappa shape index (κ2) is 8.65. The van der Waals surface area contributed by atoms with Crippen LogP contribution in [0.4, 0.5) is 11.4 Å². The van der Waals surface area contributed by atoms with E-state index < -0.39 is 16.6 Å². The van der Waals surface area contributed by atoms with Crippen molar-refractivity contribution in [2.75, 3.05) is 10.2 Å². The summed E-state index contributed by atoms with van der Waals surface area (Å²) < 4.78 is 1.41. The molecule has 0 spiro atoms. The monoisotopic (exact) mass is 527 g/mol. The van der Waals surface area contributed by atoms with Crippen LogP contribution in [0, 0.1) is 12.8 Å². The Bertz CT molecular complexity index is 1430. The van der Waals surface area contributed by atoms with Crippen LogP contribution < -0.4 is 15.1 Å². The Labute approximate surface area is 215 Å². The van der Waals surface area contributed by atoms with E-state index in [4.69, 9.17) is 11.6 Å². The average molecular weight is 528 g/mol. The zero-order valence-corrected chi connectivity index (χ0v) is 21.6. The molecule has 0 aliphatic carbocycles. The SMILES string of the molecule is Cc1cccc(NC(=O)Cn2c3c(sc2=O)C(C)(C)C2C(=O)N(c4ccc(Cl)cc4)C(=O)C2S3)c1. The molecule has 0 bridgehead atoms. The molecule has 2 atom stereocenters. The fraction of sp³-hybridized carbons (Fsp3) is 0.280. The molecule has 0 saturated carbocycles. The first-order valence-electron chi connectivity index (χ1n) is 11.0. The summed E-state index contributed by atoms with van der Waals surface area (Å²) in [4.78, 5) is 54.3. The molecule has 3 amide bonds. The summed E-state index contributed by atoms with van der Waals surface area (Å²) in [5.74, 6) is -1.60. The number of fused-ring (bicyclic) bond motifs is 2. The van der Waals surface area contributed by atoms with Crippen molar-refractivity contribution >= 4 is 63.8 Å². The van der Waals surface area contributed by atoms with Gasteiger partial charge in [-0.1, -0.05) is 60.7 Å². The zero-order chi connectivity index (χ0) is 25.1. The molecule has 2 aromatic carbocycles. The molecule has 1 fully saturated rings. The van der Waals surface area contributed by atoms with E-state index in [0.717, 1.165) is 21.8 Å². The van der Waals surface area contributed by atoms with Gasteiger partial charge in [0.05, 0.1) is 16.6 Å². The smallest absolute Gasteiger partial charge is 0.308 e. The third-order valence-electron chi connectivity index (χ3n) is 6.39. The van der Waals surface area contributed by atoms with Gasteiger partial charge in [0.1, 0.15) is 11.8 Å². The molecule has 180 valence electrons. The number of thiazole rings is 1. The third-order valence-corrected chi connectivity index (χ3v) is 9.47. The highest BCUT2D eigenvalue weighted by Crippen LogP contribution is 2.54. The number of halogens is 1. The number of imide groups is 1. The quantitative estimate of drug-likeness (QED) is 0.506. The molecule has 2 unspecified atom stereocenters. The summed E-state index contributed by atoms with van der Waals surface area (Å²) in [6.45, 7) is 5.51. The molecule has 1 N–H and O–H groups in total. The average Bonchev–Trinajstić information content (AvgIpc) is 3.24. The van der Waals surface area contributed by atoms with Crippen molar-refractivity contribution in [1.82, 2.24) is 4.57 Å². The molecular weight excluding hydrogens is 506 g/mol. The summed E-state index contributed by atoms with van der Waals surface area (Å²) in [5, 5.41) is 3.22. The van der Waals surface area contributed by atoms with Crippen molar-refractivity contribution in [1.29, 1.82) is 0 Å². The van der Waals surface area contributed by atoms with Crippen LogP contribution in [0.15, 0.2) is 58.4 Å². The lowest BCUT2D eigenvalue weighted by atomic mass is 9.76. The predicted octanol–water partition coefficient (Wildman–Crippen LogP) is 4.45. The fourth-order valence-electron chi connectivity index (χ4n) is 4.68. The molecule has 3 aromatic rings. The number of benzene rings is 2. The molecule has 5 rings (SSSR count). The number of nitrogens with zero attached hydrogens (tertiary/aromatic N) is 2. The van der Waals surface area contributed by atoms with Gasteiger partial charge in [0.25, 0.3) is 0 Å². The number of thioether (sulfide) groups is 1. The van der Waals surface area contributed by atoms with Crippen LogP contribution in [0.2, 0.25) is 5.02 Å². The van der Waals surface area contributed by atoms with E-state index in [0.29, 0.717) is 21.4 Å². The second-order valence-corrected chi connectivity index (χ2v) is 11.8. The fourth-order valence-corrected chi connectivity index (χ4v) is 7.84. The number of hydrogen-bond acceptors (Lipinski definition) is 6. The Morgan fingerprint density at radius 2 is 1.80 bits per heavy atom. The van der Waals surface area contributed by atoms with E-state index >= 15 is 0 Å². The molecule has 1 aromatic heterocycles. The highest BCUT2D eigenvalue weighted by molar-refractivity contribution is 8.00. The van der Waals surface area contributed by atoms with Crippen molar-refractivity contribution in [3.63, 3.8) is 0 Å². The molecule has 3 heterocycles. The number of hydrogen-bond donors (Lipinski definition) is 1. The lowest BCUT2D eigenvalue weighted by Crippen LogP contribution is -2.41. The first-order chi connectivity index (χ1) is 16.6. The van der Waals surface area contributed by atoms with E-state index in [1.807, 2.05) is 39.0 Å². The van der Waals surface area contributed by atoms with Crippen molar-refractivity contribution in [2.45, 2.75) is 43.0 Å². The largest absolute Gasteiger partial charge is 0.325 e. The van der Waals surface area contributed by atoms with Gasteiger partial charge >= 0.3 is 4.87 Å². The standard InChI is InChI=1S/C25H22ClN3O4S2/c1-13-5-4-6-15(11-13)27-17(30)12-28-23-20(35-24(28)33)25(2,3)18-19(34-23)22(32)29(21(18)31)16-9-7-14(26)8-10-16/h4-11,18-19H,12H2,1-3H3,(H,27,30). The van der Waals surface area contributed by atoms with Crippen molar-refractivity contribution in [2.24, 2.45) is 5.92 Å². The van der Waals surface area contributed by atoms with Gasteiger partial charge in [-0.05, 0) is 48.9 Å². The maximum atomic E-state index is 13.5. The molecule has 7 nitrogen and oxygen atoms in total. The summed E-state index contributed by atoms with van der Waals surface area (Å²) in [5.41, 5.74) is 1.36. The Kier molecular flexibility index (Phi) is 5.89. The second-order valence-electron chi connectivity index (χ2n) is 9.23. The number of amides is 3. The number of rotatable bonds is 4. The normalized spacial score (nSPS) is 20.5. The van der Waals surface area contributed by atoms with Crippen LogP contribution in [0.25, 0.3) is 0 Å². The van der Waals surface area contributed by atoms with E-state index in [2.05, 4.69) is 5.32 Å². The van der Waals surface area contributed by atoms with Crippen molar-refractivity contribution < 1.29 is 14.4 Å². The topological polar surface area (TPSA) is 88.5 Å². The van der Waals surface area contributed by atoms with E-state index in [9.17, 15) is 19.2 Å². The van der Waals surface area contributed by atoms with Crippen LogP contribution in [0.5, 0.6) is 0 Å². The Morgan fingerprint density at radius 1 is 1.09 bits per heavy atom. The number of anilines is 2. The molecule has 1 saturated heterocycles. The minimum atomic E-state index is -0.763. The van der Waals surface area contributed by atoms with E-state index in [1.54, 1.807) is 30.3 Å². The highest BCUT2D eigenvalue weighted by atomic mass is 35.5. The van der Waals surface area contributed by atoms with Gasteiger partial charge in [0, 0.05) is 21.0 Å². The maximum Gasteiger partial charge on any atom is 0.308 e. The first kappa shape index (κ1) is 23.8. The van der Waals surface area contributed by atoms with E-state index in [1.165, 1.54) is 21.2 Å². The summed E-state index contributed by atoms with van der Waals surface area (Å²) in [7, 11) is 0. The molecular formula is C25H22ClN3O4S2. The lowest BCUT2D eigenvalue weighted by Gasteiger charge is -2.36. The molecule has 0 radical (unpaired) electrons. The van der Waals surface area contributed by atoms with Gasteiger partial charge < -0.3 is 5.32 Å². The van der Waals surface area contributed by atoms with Gasteiger partial charge in [-0.15, -0.1) is 0 Å². The number of aryl methyl sites for hydroxylation is 1. The van der Waals surface area contributed by atoms with Gasteiger partial charge in [-0.3, -0.25) is 23.7 Å². The van der Waals surface area contributed by atoms with Crippen LogP contribution in [0.3, 0.4) is 0 Å². The number of nitrogens with one attached hydrogen (secondary N) is 1. The Balaban J connectivity index is 1.47. The number of aromatic nitrogens is 1. The van der Waals surface area contributed by atoms with Crippen molar-refractivity contribution in [3.8, 4) is 0 Å².